The number of carbonyl (C=O) groups excluding carboxylic acids is 2. The van der Waals surface area contributed by atoms with Crippen molar-refractivity contribution in [3.63, 3.8) is 0 Å². The van der Waals surface area contributed by atoms with E-state index < -0.39 is 24.4 Å². The topological polar surface area (TPSA) is 65.1 Å². The van der Waals surface area contributed by atoms with Gasteiger partial charge in [-0.25, -0.2) is 4.79 Å². The predicted molar refractivity (Wildman–Crippen MR) is 67.9 cm³/mol. The number of amides is 1. The molecule has 2 aliphatic rings. The molecule has 0 unspecified atom stereocenters. The van der Waals surface area contributed by atoms with Crippen molar-refractivity contribution in [1.29, 1.82) is 0 Å². The standard InChI is InChI=1S/C14H15NO5/c1-18-11-7-15(12-10(20-11)8-19-14(12)17)13(16)9-5-3-2-4-6-9/h2-6,10-12H,7-8H2,1H3/t10-,11-,12-/m1/s1. The van der Waals surface area contributed by atoms with E-state index in [4.69, 9.17) is 14.2 Å². The van der Waals surface area contributed by atoms with E-state index in [2.05, 4.69) is 0 Å². The predicted octanol–water partition coefficient (Wildman–Crippen LogP) is 0.425. The highest BCUT2D eigenvalue weighted by Gasteiger charge is 2.49. The number of esters is 1. The van der Waals surface area contributed by atoms with Gasteiger partial charge in [0.2, 0.25) is 0 Å². The molecular weight excluding hydrogens is 262 g/mol. The molecule has 2 saturated heterocycles. The molecule has 2 aliphatic heterocycles. The maximum atomic E-state index is 12.6. The highest BCUT2D eigenvalue weighted by Crippen LogP contribution is 2.26. The molecule has 2 heterocycles. The van der Waals surface area contributed by atoms with Crippen LogP contribution in [0.25, 0.3) is 0 Å². The van der Waals surface area contributed by atoms with Gasteiger partial charge in [-0.15, -0.1) is 0 Å². The van der Waals surface area contributed by atoms with Gasteiger partial charge in [0, 0.05) is 12.7 Å². The normalized spacial score (nSPS) is 28.9. The molecule has 3 rings (SSSR count). The van der Waals surface area contributed by atoms with Crippen LogP contribution in [0.1, 0.15) is 10.4 Å². The zero-order valence-corrected chi connectivity index (χ0v) is 11.0. The van der Waals surface area contributed by atoms with Crippen molar-refractivity contribution in [3.05, 3.63) is 35.9 Å². The third-order valence-electron chi connectivity index (χ3n) is 3.54. The van der Waals surface area contributed by atoms with Crippen LogP contribution in [0, 0.1) is 0 Å². The Kier molecular flexibility index (Phi) is 3.42. The zero-order chi connectivity index (χ0) is 14.1. The second-order valence-electron chi connectivity index (χ2n) is 4.74. The van der Waals surface area contributed by atoms with Gasteiger partial charge < -0.3 is 19.1 Å². The Labute approximate surface area is 116 Å². The number of cyclic esters (lactones) is 1. The van der Waals surface area contributed by atoms with Crippen molar-refractivity contribution >= 4 is 11.9 Å². The summed E-state index contributed by atoms with van der Waals surface area (Å²) in [6.07, 6.45) is -1.01. The van der Waals surface area contributed by atoms with Crippen LogP contribution < -0.4 is 0 Å². The van der Waals surface area contributed by atoms with E-state index in [-0.39, 0.29) is 19.1 Å². The molecule has 6 heteroatoms. The van der Waals surface area contributed by atoms with Gasteiger partial charge in [0.25, 0.3) is 5.91 Å². The second-order valence-corrected chi connectivity index (χ2v) is 4.74. The third-order valence-corrected chi connectivity index (χ3v) is 3.54. The van der Waals surface area contributed by atoms with Crippen LogP contribution in [-0.2, 0) is 19.0 Å². The van der Waals surface area contributed by atoms with E-state index in [1.165, 1.54) is 12.0 Å². The summed E-state index contributed by atoms with van der Waals surface area (Å²) in [7, 11) is 1.51. The van der Waals surface area contributed by atoms with E-state index in [0.717, 1.165) is 0 Å². The average molecular weight is 277 g/mol. The minimum Gasteiger partial charge on any atom is -0.461 e. The van der Waals surface area contributed by atoms with Crippen LogP contribution in [0.2, 0.25) is 0 Å². The van der Waals surface area contributed by atoms with Gasteiger partial charge in [-0.05, 0) is 12.1 Å². The van der Waals surface area contributed by atoms with Crippen LogP contribution in [0.5, 0.6) is 0 Å². The number of benzene rings is 1. The zero-order valence-electron chi connectivity index (χ0n) is 11.0. The summed E-state index contributed by atoms with van der Waals surface area (Å²) < 4.78 is 15.7. The van der Waals surface area contributed by atoms with E-state index >= 15 is 0 Å². The Morgan fingerprint density at radius 3 is 2.80 bits per heavy atom. The lowest BCUT2D eigenvalue weighted by molar-refractivity contribution is -0.199. The van der Waals surface area contributed by atoms with Crippen LogP contribution >= 0.6 is 0 Å². The van der Waals surface area contributed by atoms with Crippen molar-refractivity contribution < 1.29 is 23.8 Å². The Balaban J connectivity index is 1.88. The quantitative estimate of drug-likeness (QED) is 0.733. The first kappa shape index (κ1) is 13.1. The van der Waals surface area contributed by atoms with Crippen LogP contribution in [0.3, 0.4) is 0 Å². The number of methoxy groups -OCH3 is 1. The van der Waals surface area contributed by atoms with E-state index in [0.29, 0.717) is 5.56 Å². The smallest absolute Gasteiger partial charge is 0.331 e. The fourth-order valence-electron chi connectivity index (χ4n) is 2.53. The van der Waals surface area contributed by atoms with Crippen LogP contribution in [-0.4, -0.2) is 55.5 Å². The molecule has 2 fully saturated rings. The van der Waals surface area contributed by atoms with Gasteiger partial charge in [-0.3, -0.25) is 4.79 Å². The Hall–Kier alpha value is -1.92. The summed E-state index contributed by atoms with van der Waals surface area (Å²) in [5, 5.41) is 0. The molecule has 0 aliphatic carbocycles. The highest BCUT2D eigenvalue weighted by molar-refractivity contribution is 5.97. The molecule has 0 N–H and O–H groups in total. The molecule has 0 aromatic heterocycles. The number of morpholine rings is 1. The minimum absolute atomic E-state index is 0.155. The molecule has 0 spiro atoms. The van der Waals surface area contributed by atoms with E-state index in [9.17, 15) is 9.59 Å². The Morgan fingerprint density at radius 2 is 2.10 bits per heavy atom. The number of hydrogen-bond donors (Lipinski definition) is 0. The Bertz CT molecular complexity index is 518. The molecule has 0 radical (unpaired) electrons. The van der Waals surface area contributed by atoms with Crippen LogP contribution in [0.4, 0.5) is 0 Å². The highest BCUT2D eigenvalue weighted by atomic mass is 16.7. The molecule has 20 heavy (non-hydrogen) atoms. The molecule has 0 bridgehead atoms. The average Bonchev–Trinajstić information content (AvgIpc) is 2.88. The van der Waals surface area contributed by atoms with Crippen molar-refractivity contribution in [3.8, 4) is 0 Å². The maximum absolute atomic E-state index is 12.6. The van der Waals surface area contributed by atoms with Gasteiger partial charge in [0.1, 0.15) is 12.7 Å². The van der Waals surface area contributed by atoms with Crippen molar-refractivity contribution in [2.45, 2.75) is 18.4 Å². The molecule has 3 atom stereocenters. The van der Waals surface area contributed by atoms with Gasteiger partial charge in [-0.2, -0.15) is 0 Å². The first-order chi connectivity index (χ1) is 9.70. The Morgan fingerprint density at radius 1 is 1.35 bits per heavy atom. The second kappa shape index (κ2) is 5.22. The summed E-state index contributed by atoms with van der Waals surface area (Å²) in [5.74, 6) is -0.640. The molecule has 106 valence electrons. The monoisotopic (exact) mass is 277 g/mol. The fourth-order valence-corrected chi connectivity index (χ4v) is 2.53. The fraction of sp³-hybridized carbons (Fsp3) is 0.429. The first-order valence-electron chi connectivity index (χ1n) is 6.41. The van der Waals surface area contributed by atoms with Crippen molar-refractivity contribution in [2.75, 3.05) is 20.3 Å². The van der Waals surface area contributed by atoms with Crippen molar-refractivity contribution in [1.82, 2.24) is 4.90 Å². The van der Waals surface area contributed by atoms with Gasteiger partial charge in [0.05, 0.1) is 6.54 Å². The largest absolute Gasteiger partial charge is 0.461 e. The summed E-state index contributed by atoms with van der Waals surface area (Å²) in [5.41, 5.74) is 0.530. The number of nitrogens with zero attached hydrogens (tertiary/aromatic N) is 1. The molecular formula is C14H15NO5. The summed E-state index contributed by atoms with van der Waals surface area (Å²) in [6, 6.07) is 8.15. The maximum Gasteiger partial charge on any atom is 0.331 e. The lowest BCUT2D eigenvalue weighted by atomic mass is 10.1. The van der Waals surface area contributed by atoms with E-state index in [1.807, 2.05) is 6.07 Å². The number of hydrogen-bond acceptors (Lipinski definition) is 5. The molecule has 1 aromatic rings. The number of fused-ring (bicyclic) bond motifs is 1. The lowest BCUT2D eigenvalue weighted by Gasteiger charge is -2.38. The number of carbonyl (C=O) groups is 2. The van der Waals surface area contributed by atoms with Crippen molar-refractivity contribution in [2.24, 2.45) is 0 Å². The van der Waals surface area contributed by atoms with Gasteiger partial charge >= 0.3 is 5.97 Å². The van der Waals surface area contributed by atoms with E-state index in [1.54, 1.807) is 24.3 Å². The minimum atomic E-state index is -0.686. The third kappa shape index (κ3) is 2.17. The number of rotatable bonds is 2. The lowest BCUT2D eigenvalue weighted by Crippen LogP contribution is -2.58. The van der Waals surface area contributed by atoms with Gasteiger partial charge in [-0.1, -0.05) is 18.2 Å². The van der Waals surface area contributed by atoms with Crippen LogP contribution in [0.15, 0.2) is 30.3 Å². The molecule has 0 saturated carbocycles. The molecule has 1 amide bonds. The summed E-state index contributed by atoms with van der Waals surface area (Å²) >= 11 is 0. The molecule has 1 aromatic carbocycles. The number of ether oxygens (including phenoxy) is 3. The summed E-state index contributed by atoms with van der Waals surface area (Å²) in [4.78, 5) is 25.8. The molecule has 6 nitrogen and oxygen atoms in total. The van der Waals surface area contributed by atoms with Gasteiger partial charge in [0.15, 0.2) is 12.3 Å². The SMILES string of the molecule is CO[C@H]1CN(C(=O)c2ccccc2)[C@H]2C(=O)OC[C@H]2O1. The summed E-state index contributed by atoms with van der Waals surface area (Å²) in [6.45, 7) is 0.364. The first-order valence-corrected chi connectivity index (χ1v) is 6.41.